The minimum absolute atomic E-state index is 0.0418. The maximum atomic E-state index is 11.5. The first kappa shape index (κ1) is 14.0. The van der Waals surface area contributed by atoms with Gasteiger partial charge in [-0.25, -0.2) is 8.42 Å². The number of Topliss-reactive ketones (excluding diaryl/α,β-unsaturated/α-hetero) is 1. The number of sulfone groups is 1. The Hall–Kier alpha value is -0.110. The van der Waals surface area contributed by atoms with Crippen molar-refractivity contribution in [2.75, 3.05) is 44.6 Å². The van der Waals surface area contributed by atoms with E-state index in [1.807, 2.05) is 0 Å². The first-order valence-corrected chi connectivity index (χ1v) is 8.07. The van der Waals surface area contributed by atoms with Crippen molar-refractivity contribution in [1.82, 2.24) is 4.90 Å². The molecule has 0 spiro atoms. The number of ketones is 1. The molecule has 1 aliphatic heterocycles. The van der Waals surface area contributed by atoms with Crippen LogP contribution in [0.25, 0.3) is 0 Å². The second-order valence-electron chi connectivity index (χ2n) is 3.80. The number of nitrogens with zero attached hydrogens (tertiary/aromatic N) is 1. The summed E-state index contributed by atoms with van der Waals surface area (Å²) in [5.74, 6) is 1.33. The highest BCUT2D eigenvalue weighted by Crippen LogP contribution is 2.19. The summed E-state index contributed by atoms with van der Waals surface area (Å²) in [5, 5.41) is -0.535. The first-order valence-electron chi connectivity index (χ1n) is 4.96. The normalized spacial score (nSPS) is 23.2. The van der Waals surface area contributed by atoms with Gasteiger partial charge in [-0.2, -0.15) is 11.8 Å². The van der Waals surface area contributed by atoms with Gasteiger partial charge in [0.15, 0.2) is 15.6 Å². The number of carbonyl (C=O) groups excluding carboxylic acids is 1. The highest BCUT2D eigenvalue weighted by atomic mass is 32.2. The number of carbonyl (C=O) groups is 1. The van der Waals surface area contributed by atoms with E-state index in [0.29, 0.717) is 12.3 Å². The molecular formula is C9H17NO4S2. The van der Waals surface area contributed by atoms with Crippen LogP contribution in [0.3, 0.4) is 0 Å². The summed E-state index contributed by atoms with van der Waals surface area (Å²) in [7, 11) is -1.67. The van der Waals surface area contributed by atoms with Gasteiger partial charge in [-0.05, 0) is 0 Å². The van der Waals surface area contributed by atoms with Gasteiger partial charge in [-0.1, -0.05) is 0 Å². The summed E-state index contributed by atoms with van der Waals surface area (Å²) in [5.41, 5.74) is 0. The molecule has 16 heavy (non-hydrogen) atoms. The van der Waals surface area contributed by atoms with E-state index in [1.54, 1.807) is 16.7 Å². The molecule has 1 heterocycles. The fourth-order valence-electron chi connectivity index (χ4n) is 1.62. The Balaban J connectivity index is 2.64. The Bertz CT molecular complexity index is 341. The van der Waals surface area contributed by atoms with E-state index in [9.17, 15) is 13.2 Å². The molecule has 0 saturated carbocycles. The van der Waals surface area contributed by atoms with E-state index >= 15 is 0 Å². The van der Waals surface area contributed by atoms with Crippen LogP contribution in [0.1, 0.15) is 0 Å². The van der Waals surface area contributed by atoms with Crippen LogP contribution in [0.2, 0.25) is 0 Å². The van der Waals surface area contributed by atoms with Gasteiger partial charge in [-0.3, -0.25) is 9.69 Å². The van der Waals surface area contributed by atoms with Crippen molar-refractivity contribution in [1.29, 1.82) is 0 Å². The molecule has 94 valence electrons. The van der Waals surface area contributed by atoms with Crippen molar-refractivity contribution in [3.8, 4) is 0 Å². The van der Waals surface area contributed by atoms with Gasteiger partial charge >= 0.3 is 0 Å². The first-order chi connectivity index (χ1) is 7.45. The Morgan fingerprint density at radius 1 is 1.56 bits per heavy atom. The van der Waals surface area contributed by atoms with Crippen LogP contribution in [0, 0.1) is 0 Å². The highest BCUT2D eigenvalue weighted by molar-refractivity contribution is 8.00. The van der Waals surface area contributed by atoms with Gasteiger partial charge in [-0.15, -0.1) is 0 Å². The third-order valence-electron chi connectivity index (χ3n) is 2.37. The minimum atomic E-state index is -3.12. The van der Waals surface area contributed by atoms with Crippen molar-refractivity contribution >= 4 is 27.4 Å². The molecule has 0 aliphatic carbocycles. The molecule has 1 atom stereocenters. The van der Waals surface area contributed by atoms with Crippen molar-refractivity contribution in [3.05, 3.63) is 0 Å². The van der Waals surface area contributed by atoms with Crippen molar-refractivity contribution in [2.24, 2.45) is 0 Å². The maximum absolute atomic E-state index is 11.5. The second-order valence-corrected chi connectivity index (χ2v) is 7.15. The van der Waals surface area contributed by atoms with Crippen LogP contribution in [0.5, 0.6) is 0 Å². The lowest BCUT2D eigenvalue weighted by Gasteiger charge is -2.33. The molecule has 0 aromatic rings. The third kappa shape index (κ3) is 4.04. The third-order valence-corrected chi connectivity index (χ3v) is 5.06. The Morgan fingerprint density at radius 3 is 2.81 bits per heavy atom. The molecule has 1 aliphatic rings. The van der Waals surface area contributed by atoms with Gasteiger partial charge in [0.2, 0.25) is 0 Å². The smallest absolute Gasteiger partial charge is 0.172 e. The average molecular weight is 267 g/mol. The standard InChI is InChI=1S/C9H17NO4S2/c1-14-6-8(11)5-10-3-4-15-7-9(10)16(2,12)13/h9H,3-7H2,1-2H3. The van der Waals surface area contributed by atoms with Crippen molar-refractivity contribution in [3.63, 3.8) is 0 Å². The van der Waals surface area contributed by atoms with Crippen LogP contribution in [-0.2, 0) is 19.4 Å². The fourth-order valence-corrected chi connectivity index (χ4v) is 4.57. The number of hydrogen-bond donors (Lipinski definition) is 0. The zero-order valence-corrected chi connectivity index (χ0v) is 11.1. The Labute approximate surface area is 100 Å². The summed E-state index contributed by atoms with van der Waals surface area (Å²) < 4.78 is 27.8. The molecule has 0 aromatic carbocycles. The van der Waals surface area contributed by atoms with Crippen LogP contribution < -0.4 is 0 Å². The molecule has 1 saturated heterocycles. The van der Waals surface area contributed by atoms with Crippen LogP contribution in [0.4, 0.5) is 0 Å². The molecule has 1 rings (SSSR count). The summed E-state index contributed by atoms with van der Waals surface area (Å²) in [6.07, 6.45) is 1.22. The van der Waals surface area contributed by atoms with Crippen molar-refractivity contribution in [2.45, 2.75) is 5.37 Å². The predicted molar refractivity (Wildman–Crippen MR) is 64.4 cm³/mol. The number of rotatable bonds is 5. The molecule has 1 unspecified atom stereocenters. The lowest BCUT2D eigenvalue weighted by Crippen LogP contribution is -2.49. The lowest BCUT2D eigenvalue weighted by molar-refractivity contribution is -0.123. The average Bonchev–Trinajstić information content (AvgIpc) is 2.17. The molecule has 7 heteroatoms. The number of methoxy groups -OCH3 is 1. The Morgan fingerprint density at radius 2 is 2.25 bits per heavy atom. The predicted octanol–water partition coefficient (Wildman–Crippen LogP) is -0.379. The molecule has 0 amide bonds. The highest BCUT2D eigenvalue weighted by Gasteiger charge is 2.31. The minimum Gasteiger partial charge on any atom is -0.377 e. The monoisotopic (exact) mass is 267 g/mol. The van der Waals surface area contributed by atoms with E-state index in [-0.39, 0.29) is 18.9 Å². The molecule has 0 aromatic heterocycles. The SMILES string of the molecule is COCC(=O)CN1CCSCC1S(C)(=O)=O. The number of hydrogen-bond acceptors (Lipinski definition) is 6. The van der Waals surface area contributed by atoms with Crippen LogP contribution in [0.15, 0.2) is 0 Å². The molecule has 0 radical (unpaired) electrons. The lowest BCUT2D eigenvalue weighted by atomic mass is 10.3. The summed E-state index contributed by atoms with van der Waals surface area (Å²) >= 11 is 1.61. The van der Waals surface area contributed by atoms with E-state index < -0.39 is 15.2 Å². The molecule has 0 N–H and O–H groups in total. The summed E-state index contributed by atoms with van der Waals surface area (Å²) in [6, 6.07) is 0. The molecular weight excluding hydrogens is 250 g/mol. The fraction of sp³-hybridized carbons (Fsp3) is 0.889. The molecule has 5 nitrogen and oxygen atoms in total. The molecule has 1 fully saturated rings. The topological polar surface area (TPSA) is 63.7 Å². The quantitative estimate of drug-likeness (QED) is 0.677. The summed E-state index contributed by atoms with van der Waals surface area (Å²) in [6.45, 7) is 0.837. The van der Waals surface area contributed by atoms with Gasteiger partial charge in [0.25, 0.3) is 0 Å². The van der Waals surface area contributed by atoms with E-state index in [4.69, 9.17) is 4.74 Å². The van der Waals surface area contributed by atoms with Gasteiger partial charge in [0.05, 0.1) is 6.54 Å². The van der Waals surface area contributed by atoms with E-state index in [1.165, 1.54) is 13.4 Å². The van der Waals surface area contributed by atoms with Crippen molar-refractivity contribution < 1.29 is 17.9 Å². The van der Waals surface area contributed by atoms with Gasteiger partial charge in [0, 0.05) is 31.4 Å². The van der Waals surface area contributed by atoms with Gasteiger partial charge in [0.1, 0.15) is 12.0 Å². The number of thioether (sulfide) groups is 1. The zero-order valence-electron chi connectivity index (χ0n) is 9.51. The van der Waals surface area contributed by atoms with Gasteiger partial charge < -0.3 is 4.74 Å². The zero-order chi connectivity index (χ0) is 12.2. The second kappa shape index (κ2) is 6.00. The maximum Gasteiger partial charge on any atom is 0.172 e. The van der Waals surface area contributed by atoms with E-state index in [2.05, 4.69) is 0 Å². The Kier molecular flexibility index (Phi) is 5.23. The largest absolute Gasteiger partial charge is 0.377 e. The van der Waals surface area contributed by atoms with Crippen LogP contribution in [-0.4, -0.2) is 69.0 Å². The van der Waals surface area contributed by atoms with Crippen LogP contribution >= 0.6 is 11.8 Å². The van der Waals surface area contributed by atoms with E-state index in [0.717, 1.165) is 5.75 Å². The summed E-state index contributed by atoms with van der Waals surface area (Å²) in [4.78, 5) is 13.1. The molecule has 0 bridgehead atoms. The number of ether oxygens (including phenoxy) is 1.